The molecule has 0 aliphatic carbocycles. The fourth-order valence-corrected chi connectivity index (χ4v) is 2.71. The Morgan fingerprint density at radius 1 is 1.19 bits per heavy atom. The molecule has 0 spiro atoms. The third-order valence-corrected chi connectivity index (χ3v) is 4.31. The number of methoxy groups -OCH3 is 1. The lowest BCUT2D eigenvalue weighted by molar-refractivity contribution is -0.134. The third kappa shape index (κ3) is 4.59. The summed E-state index contributed by atoms with van der Waals surface area (Å²) in [5.41, 5.74) is 0.587. The van der Waals surface area contributed by atoms with E-state index in [9.17, 15) is 14.4 Å². The van der Waals surface area contributed by atoms with Gasteiger partial charge in [-0.15, -0.1) is 0 Å². The first-order valence-electron chi connectivity index (χ1n) is 8.56. The van der Waals surface area contributed by atoms with Gasteiger partial charge in [0, 0.05) is 26.7 Å². The summed E-state index contributed by atoms with van der Waals surface area (Å²) in [7, 11) is 1.62. The maximum Gasteiger partial charge on any atom is 0.325 e. The molecule has 0 bridgehead atoms. The molecule has 1 aliphatic rings. The summed E-state index contributed by atoms with van der Waals surface area (Å²) in [5, 5.41) is 8.47. The molecule has 0 saturated carbocycles. The highest BCUT2D eigenvalue weighted by Gasteiger charge is 2.49. The van der Waals surface area contributed by atoms with Crippen LogP contribution in [-0.2, 0) is 19.9 Å². The molecule has 4 amide bonds. The van der Waals surface area contributed by atoms with Crippen LogP contribution < -0.4 is 16.0 Å². The molecule has 1 aromatic carbocycles. The first kappa shape index (κ1) is 19.9. The zero-order valence-corrected chi connectivity index (χ0v) is 15.4. The normalized spacial score (nSPS) is 19.6. The van der Waals surface area contributed by atoms with Gasteiger partial charge in [-0.1, -0.05) is 29.8 Å². The molecule has 0 aromatic heterocycles. The first-order valence-corrected chi connectivity index (χ1v) is 8.56. The lowest BCUT2D eigenvalue weighted by Crippen LogP contribution is -2.44. The van der Waals surface area contributed by atoms with E-state index >= 15 is 0 Å². The average Bonchev–Trinajstić information content (AvgIpc) is 2.82. The molecule has 142 valence electrons. The van der Waals surface area contributed by atoms with Gasteiger partial charge in [0.1, 0.15) is 12.1 Å². The maximum atomic E-state index is 12.7. The number of hydrogen-bond acceptors (Lipinski definition) is 5. The predicted molar refractivity (Wildman–Crippen MR) is 96.5 cm³/mol. The topological polar surface area (TPSA) is 99.8 Å². The highest BCUT2D eigenvalue weighted by molar-refractivity contribution is 6.09. The standard InChI is InChI=1S/C18H26N4O4/c1-13-4-6-14(7-5-13)18(2)16(24)22(17(25)21-18)12-15(23)20-9-8-19-10-11-26-3/h4-7,19H,8-12H2,1-3H3,(H,20,23)(H,21,25). The Morgan fingerprint density at radius 3 is 2.54 bits per heavy atom. The minimum atomic E-state index is -1.16. The molecule has 2 rings (SSSR count). The van der Waals surface area contributed by atoms with Crippen molar-refractivity contribution >= 4 is 17.8 Å². The van der Waals surface area contributed by atoms with Crippen molar-refractivity contribution < 1.29 is 19.1 Å². The molecule has 1 unspecified atom stereocenters. The number of carbonyl (C=O) groups is 3. The Labute approximate surface area is 153 Å². The quantitative estimate of drug-likeness (QED) is 0.428. The van der Waals surface area contributed by atoms with Crippen molar-refractivity contribution in [2.24, 2.45) is 0 Å². The van der Waals surface area contributed by atoms with Crippen molar-refractivity contribution in [2.75, 3.05) is 39.9 Å². The molecule has 1 aromatic rings. The molecule has 26 heavy (non-hydrogen) atoms. The van der Waals surface area contributed by atoms with Gasteiger partial charge in [0.2, 0.25) is 5.91 Å². The summed E-state index contributed by atoms with van der Waals surface area (Å²) in [6, 6.07) is 6.81. The molecular weight excluding hydrogens is 336 g/mol. The second-order valence-electron chi connectivity index (χ2n) is 6.41. The molecule has 1 aliphatic heterocycles. The van der Waals surface area contributed by atoms with E-state index in [-0.39, 0.29) is 12.5 Å². The van der Waals surface area contributed by atoms with Crippen molar-refractivity contribution in [3.05, 3.63) is 35.4 Å². The van der Waals surface area contributed by atoms with Crippen molar-refractivity contribution in [3.63, 3.8) is 0 Å². The van der Waals surface area contributed by atoms with Gasteiger partial charge in [-0.25, -0.2) is 4.79 Å². The second-order valence-corrected chi connectivity index (χ2v) is 6.41. The molecule has 1 atom stereocenters. The van der Waals surface area contributed by atoms with Gasteiger partial charge in [-0.05, 0) is 19.4 Å². The average molecular weight is 362 g/mol. The van der Waals surface area contributed by atoms with Crippen LogP contribution in [0.5, 0.6) is 0 Å². The Morgan fingerprint density at radius 2 is 1.88 bits per heavy atom. The minimum absolute atomic E-state index is 0.301. The van der Waals surface area contributed by atoms with Crippen LogP contribution in [0.3, 0.4) is 0 Å². The number of imide groups is 1. The van der Waals surface area contributed by atoms with Gasteiger partial charge >= 0.3 is 6.03 Å². The molecule has 1 heterocycles. The van der Waals surface area contributed by atoms with E-state index in [1.165, 1.54) is 0 Å². The van der Waals surface area contributed by atoms with E-state index in [0.717, 1.165) is 10.5 Å². The Bertz CT molecular complexity index is 662. The van der Waals surface area contributed by atoms with Gasteiger partial charge in [-0.3, -0.25) is 14.5 Å². The zero-order chi connectivity index (χ0) is 19.2. The third-order valence-electron chi connectivity index (χ3n) is 4.31. The minimum Gasteiger partial charge on any atom is -0.383 e. The van der Waals surface area contributed by atoms with Crippen molar-refractivity contribution in [2.45, 2.75) is 19.4 Å². The number of nitrogens with zero attached hydrogens (tertiary/aromatic N) is 1. The lowest BCUT2D eigenvalue weighted by Gasteiger charge is -2.22. The number of carbonyl (C=O) groups excluding carboxylic acids is 3. The number of rotatable bonds is 9. The summed E-state index contributed by atoms with van der Waals surface area (Å²) in [6.45, 7) is 5.56. The summed E-state index contributed by atoms with van der Waals surface area (Å²) in [6.07, 6.45) is 0. The largest absolute Gasteiger partial charge is 0.383 e. The monoisotopic (exact) mass is 362 g/mol. The van der Waals surface area contributed by atoms with E-state index in [1.807, 2.05) is 31.2 Å². The second kappa shape index (κ2) is 8.77. The smallest absolute Gasteiger partial charge is 0.325 e. The Balaban J connectivity index is 1.90. The van der Waals surface area contributed by atoms with Crippen molar-refractivity contribution in [1.82, 2.24) is 20.9 Å². The summed E-state index contributed by atoms with van der Waals surface area (Å²) in [4.78, 5) is 37.9. The van der Waals surface area contributed by atoms with Crippen LogP contribution in [0.1, 0.15) is 18.1 Å². The Kier molecular flexibility index (Phi) is 6.70. The van der Waals surface area contributed by atoms with Crippen LogP contribution in [0.4, 0.5) is 4.79 Å². The van der Waals surface area contributed by atoms with Gasteiger partial charge in [-0.2, -0.15) is 0 Å². The SMILES string of the molecule is COCCNCCNC(=O)CN1C(=O)NC(C)(c2ccc(C)cc2)C1=O. The number of urea groups is 1. The van der Waals surface area contributed by atoms with E-state index < -0.39 is 17.5 Å². The number of amides is 4. The van der Waals surface area contributed by atoms with Crippen LogP contribution in [0, 0.1) is 6.92 Å². The lowest BCUT2D eigenvalue weighted by atomic mass is 9.91. The van der Waals surface area contributed by atoms with Gasteiger partial charge < -0.3 is 20.7 Å². The highest BCUT2D eigenvalue weighted by atomic mass is 16.5. The molecule has 1 fully saturated rings. The Hall–Kier alpha value is -2.45. The summed E-state index contributed by atoms with van der Waals surface area (Å²) in [5.74, 6) is -0.810. The van der Waals surface area contributed by atoms with Crippen LogP contribution in [0.15, 0.2) is 24.3 Å². The van der Waals surface area contributed by atoms with Gasteiger partial charge in [0.15, 0.2) is 0 Å². The van der Waals surface area contributed by atoms with E-state index in [4.69, 9.17) is 4.74 Å². The first-order chi connectivity index (χ1) is 12.4. The zero-order valence-electron chi connectivity index (χ0n) is 15.4. The molecule has 8 nitrogen and oxygen atoms in total. The van der Waals surface area contributed by atoms with Gasteiger partial charge in [0.05, 0.1) is 6.61 Å². The summed E-state index contributed by atoms with van der Waals surface area (Å²) >= 11 is 0. The number of aryl methyl sites for hydroxylation is 1. The van der Waals surface area contributed by atoms with Crippen molar-refractivity contribution in [3.8, 4) is 0 Å². The van der Waals surface area contributed by atoms with Crippen LogP contribution in [-0.4, -0.2) is 62.6 Å². The molecule has 0 radical (unpaired) electrons. The number of ether oxygens (including phenoxy) is 1. The highest BCUT2D eigenvalue weighted by Crippen LogP contribution is 2.28. The number of benzene rings is 1. The molecule has 8 heteroatoms. The fraction of sp³-hybridized carbons (Fsp3) is 0.500. The maximum absolute atomic E-state index is 12.7. The summed E-state index contributed by atoms with van der Waals surface area (Å²) < 4.78 is 4.91. The fourth-order valence-electron chi connectivity index (χ4n) is 2.71. The van der Waals surface area contributed by atoms with Gasteiger partial charge in [0.25, 0.3) is 5.91 Å². The molecule has 1 saturated heterocycles. The van der Waals surface area contributed by atoms with E-state index in [2.05, 4.69) is 16.0 Å². The van der Waals surface area contributed by atoms with E-state index in [1.54, 1.807) is 14.0 Å². The predicted octanol–water partition coefficient (Wildman–Crippen LogP) is 0.114. The molecular formula is C18H26N4O4. The number of hydrogen-bond donors (Lipinski definition) is 3. The van der Waals surface area contributed by atoms with Crippen LogP contribution in [0.2, 0.25) is 0 Å². The van der Waals surface area contributed by atoms with Crippen LogP contribution in [0.25, 0.3) is 0 Å². The molecule has 3 N–H and O–H groups in total. The van der Waals surface area contributed by atoms with Crippen molar-refractivity contribution in [1.29, 1.82) is 0 Å². The van der Waals surface area contributed by atoms with Crippen LogP contribution >= 0.6 is 0 Å². The number of nitrogens with one attached hydrogen (secondary N) is 3. The van der Waals surface area contributed by atoms with E-state index in [0.29, 0.717) is 31.8 Å².